The number of thiophene rings is 1. The number of hydrogen-bond acceptors (Lipinski definition) is 3. The average Bonchev–Trinajstić information content (AvgIpc) is 3.39. The van der Waals surface area contributed by atoms with Gasteiger partial charge in [-0.2, -0.15) is 0 Å². The molecule has 158 valence electrons. The maximum Gasteiger partial charge on any atom is 0.272 e. The van der Waals surface area contributed by atoms with Gasteiger partial charge in [-0.15, -0.1) is 11.3 Å². The van der Waals surface area contributed by atoms with Gasteiger partial charge < -0.3 is 14.6 Å². The largest absolute Gasteiger partial charge is 0.457 e. The highest BCUT2D eigenvalue weighted by Crippen LogP contribution is 2.28. The summed E-state index contributed by atoms with van der Waals surface area (Å²) in [5.41, 5.74) is 2.94. The molecule has 0 aliphatic carbocycles. The lowest BCUT2D eigenvalue weighted by molar-refractivity contribution is 0.101. The van der Waals surface area contributed by atoms with Crippen LogP contribution in [0.3, 0.4) is 0 Å². The van der Waals surface area contributed by atoms with Crippen molar-refractivity contribution in [3.05, 3.63) is 113 Å². The predicted molar refractivity (Wildman–Crippen MR) is 126 cm³/mol. The van der Waals surface area contributed by atoms with E-state index in [9.17, 15) is 9.18 Å². The molecular formula is C26H19FN2O2S. The number of benzene rings is 3. The van der Waals surface area contributed by atoms with Gasteiger partial charge in [-0.3, -0.25) is 4.79 Å². The number of rotatable bonds is 6. The summed E-state index contributed by atoms with van der Waals surface area (Å²) in [7, 11) is 0. The molecular weight excluding hydrogens is 423 g/mol. The van der Waals surface area contributed by atoms with Gasteiger partial charge in [0.15, 0.2) is 0 Å². The summed E-state index contributed by atoms with van der Waals surface area (Å²) in [6.45, 7) is 0.407. The van der Waals surface area contributed by atoms with E-state index >= 15 is 0 Å². The molecule has 32 heavy (non-hydrogen) atoms. The number of carbonyl (C=O) groups excluding carboxylic acids is 1. The van der Waals surface area contributed by atoms with Crippen molar-refractivity contribution in [3.63, 3.8) is 0 Å². The van der Waals surface area contributed by atoms with Gasteiger partial charge in [0.2, 0.25) is 0 Å². The van der Waals surface area contributed by atoms with Crippen molar-refractivity contribution in [2.45, 2.75) is 6.54 Å². The molecule has 0 unspecified atom stereocenters. The molecule has 4 nitrogen and oxygen atoms in total. The molecule has 0 aliphatic heterocycles. The molecule has 5 aromatic rings. The minimum atomic E-state index is -0.292. The first kappa shape index (κ1) is 20.0. The molecule has 0 atom stereocenters. The third-order valence-electron chi connectivity index (χ3n) is 5.08. The van der Waals surface area contributed by atoms with Crippen LogP contribution in [-0.4, -0.2) is 10.5 Å². The highest BCUT2D eigenvalue weighted by molar-refractivity contribution is 7.17. The highest BCUT2D eigenvalue weighted by Gasteiger charge is 2.17. The first-order chi connectivity index (χ1) is 15.7. The molecule has 1 N–H and O–H groups in total. The topological polar surface area (TPSA) is 43.3 Å². The highest BCUT2D eigenvalue weighted by atomic mass is 32.1. The van der Waals surface area contributed by atoms with Gasteiger partial charge in [0.05, 0.1) is 10.2 Å². The van der Waals surface area contributed by atoms with Crippen LogP contribution in [0.1, 0.15) is 16.1 Å². The number of amides is 1. The number of anilines is 1. The summed E-state index contributed by atoms with van der Waals surface area (Å²) in [4.78, 5) is 13.1. The third kappa shape index (κ3) is 4.26. The fourth-order valence-corrected chi connectivity index (χ4v) is 4.40. The number of fused-ring (bicyclic) bond motifs is 1. The van der Waals surface area contributed by atoms with Crippen LogP contribution in [0, 0.1) is 5.82 Å². The summed E-state index contributed by atoms with van der Waals surface area (Å²) in [5.74, 6) is 0.922. The second kappa shape index (κ2) is 8.69. The standard InChI is InChI=1S/C26H19FN2O2S/c27-19-6-4-5-18(15-19)17-29-23-13-14-32-25(23)16-24(29)26(30)28-20-9-11-22(12-10-20)31-21-7-2-1-3-8-21/h1-16H,17H2,(H,28,30). The number of carbonyl (C=O) groups is 1. The van der Waals surface area contributed by atoms with E-state index in [1.807, 2.05) is 70.6 Å². The molecule has 0 spiro atoms. The van der Waals surface area contributed by atoms with Gasteiger partial charge in [0, 0.05) is 12.2 Å². The number of halogens is 1. The zero-order chi connectivity index (χ0) is 21.9. The Bertz CT molecular complexity index is 1370. The Morgan fingerprint density at radius 3 is 2.47 bits per heavy atom. The molecule has 1 amide bonds. The van der Waals surface area contributed by atoms with Crippen molar-refractivity contribution in [2.75, 3.05) is 5.32 Å². The van der Waals surface area contributed by atoms with E-state index in [1.54, 1.807) is 29.5 Å². The smallest absolute Gasteiger partial charge is 0.272 e. The van der Waals surface area contributed by atoms with Crippen LogP contribution in [0.15, 0.2) is 96.4 Å². The SMILES string of the molecule is O=C(Nc1ccc(Oc2ccccc2)cc1)c1cc2sccc2n1Cc1cccc(F)c1. The lowest BCUT2D eigenvalue weighted by Crippen LogP contribution is -2.17. The van der Waals surface area contributed by atoms with E-state index < -0.39 is 0 Å². The maximum atomic E-state index is 13.7. The van der Waals surface area contributed by atoms with Crippen molar-refractivity contribution in [3.8, 4) is 11.5 Å². The van der Waals surface area contributed by atoms with Crippen molar-refractivity contribution in [1.82, 2.24) is 4.57 Å². The summed E-state index contributed by atoms with van der Waals surface area (Å²) in [5, 5.41) is 4.94. The maximum absolute atomic E-state index is 13.7. The first-order valence-corrected chi connectivity index (χ1v) is 11.0. The van der Waals surface area contributed by atoms with Crippen molar-refractivity contribution >= 4 is 33.1 Å². The molecule has 6 heteroatoms. The van der Waals surface area contributed by atoms with Gasteiger partial charge in [-0.1, -0.05) is 30.3 Å². The molecule has 2 aromatic heterocycles. The Hall–Kier alpha value is -3.90. The second-order valence-corrected chi connectivity index (χ2v) is 8.26. The first-order valence-electron chi connectivity index (χ1n) is 10.1. The summed E-state index contributed by atoms with van der Waals surface area (Å²) in [6, 6.07) is 27.0. The zero-order valence-electron chi connectivity index (χ0n) is 17.0. The molecule has 0 saturated carbocycles. The van der Waals surface area contributed by atoms with Crippen molar-refractivity contribution in [2.24, 2.45) is 0 Å². The minimum absolute atomic E-state index is 0.221. The molecule has 2 heterocycles. The van der Waals surface area contributed by atoms with E-state index in [0.717, 1.165) is 21.5 Å². The molecule has 0 bridgehead atoms. The predicted octanol–water partition coefficient (Wildman–Crippen LogP) is 6.93. The van der Waals surface area contributed by atoms with Crippen LogP contribution in [0.5, 0.6) is 11.5 Å². The molecule has 3 aromatic carbocycles. The van der Waals surface area contributed by atoms with Gasteiger partial charge >= 0.3 is 0 Å². The Balaban J connectivity index is 1.36. The Morgan fingerprint density at radius 1 is 0.906 bits per heavy atom. The average molecular weight is 443 g/mol. The van der Waals surface area contributed by atoms with E-state index in [1.165, 1.54) is 12.1 Å². The molecule has 0 aliphatic rings. The van der Waals surface area contributed by atoms with Crippen LogP contribution in [0.25, 0.3) is 10.2 Å². The van der Waals surface area contributed by atoms with Crippen molar-refractivity contribution in [1.29, 1.82) is 0 Å². The van der Waals surface area contributed by atoms with Crippen molar-refractivity contribution < 1.29 is 13.9 Å². The van der Waals surface area contributed by atoms with Crippen LogP contribution < -0.4 is 10.1 Å². The van der Waals surface area contributed by atoms with E-state index in [-0.39, 0.29) is 11.7 Å². The number of para-hydroxylation sites is 1. The summed E-state index contributed by atoms with van der Waals surface area (Å²) >= 11 is 1.57. The molecule has 5 rings (SSSR count). The van der Waals surface area contributed by atoms with Crippen LogP contribution in [-0.2, 0) is 6.54 Å². The monoisotopic (exact) mass is 442 g/mol. The van der Waals surface area contributed by atoms with E-state index in [0.29, 0.717) is 23.7 Å². The Kier molecular flexibility index (Phi) is 5.44. The fourth-order valence-electron chi connectivity index (χ4n) is 3.58. The van der Waals surface area contributed by atoms with Gasteiger partial charge in [0.1, 0.15) is 23.0 Å². The lowest BCUT2D eigenvalue weighted by Gasteiger charge is -2.12. The van der Waals surface area contributed by atoms with Gasteiger partial charge in [-0.05, 0) is 71.6 Å². The normalized spacial score (nSPS) is 10.9. The van der Waals surface area contributed by atoms with Crippen LogP contribution in [0.2, 0.25) is 0 Å². The fraction of sp³-hybridized carbons (Fsp3) is 0.0385. The number of nitrogens with zero attached hydrogens (tertiary/aromatic N) is 1. The lowest BCUT2D eigenvalue weighted by atomic mass is 10.2. The summed E-state index contributed by atoms with van der Waals surface area (Å²) in [6.07, 6.45) is 0. The number of hydrogen-bond donors (Lipinski definition) is 1. The third-order valence-corrected chi connectivity index (χ3v) is 5.93. The quantitative estimate of drug-likeness (QED) is 0.310. The van der Waals surface area contributed by atoms with Crippen LogP contribution >= 0.6 is 11.3 Å². The van der Waals surface area contributed by atoms with E-state index in [4.69, 9.17) is 4.74 Å². The number of aromatic nitrogens is 1. The van der Waals surface area contributed by atoms with Gasteiger partial charge in [0.25, 0.3) is 5.91 Å². The Morgan fingerprint density at radius 2 is 1.69 bits per heavy atom. The van der Waals surface area contributed by atoms with Gasteiger partial charge in [-0.25, -0.2) is 4.39 Å². The second-order valence-electron chi connectivity index (χ2n) is 7.31. The zero-order valence-corrected chi connectivity index (χ0v) is 17.8. The van der Waals surface area contributed by atoms with E-state index in [2.05, 4.69) is 5.32 Å². The summed E-state index contributed by atoms with van der Waals surface area (Å²) < 4.78 is 22.4. The Labute approximate surface area is 188 Å². The number of ether oxygens (including phenoxy) is 1. The van der Waals surface area contributed by atoms with Crippen LogP contribution in [0.4, 0.5) is 10.1 Å². The minimum Gasteiger partial charge on any atom is -0.457 e. The molecule has 0 radical (unpaired) electrons. The molecule has 0 fully saturated rings. The molecule has 0 saturated heterocycles. The number of nitrogens with one attached hydrogen (secondary N) is 1.